The van der Waals surface area contributed by atoms with Crippen LogP contribution in [0.3, 0.4) is 0 Å². The van der Waals surface area contributed by atoms with Crippen LogP contribution in [0.15, 0.2) is 46.9 Å². The minimum atomic E-state index is 0.587. The minimum Gasteiger partial charge on any atom is -0.424 e. The second kappa shape index (κ2) is 5.20. The zero-order valence-corrected chi connectivity index (χ0v) is 10.8. The summed E-state index contributed by atoms with van der Waals surface area (Å²) < 4.78 is 5.32. The lowest BCUT2D eigenvalue weighted by molar-refractivity contribution is 0.447. The van der Waals surface area contributed by atoms with Crippen molar-refractivity contribution >= 4 is 10.8 Å². The molecule has 2 aromatic carbocycles. The molecular weight excluding hydrogens is 238 g/mol. The predicted octanol–water partition coefficient (Wildman–Crippen LogP) is 2.82. The van der Waals surface area contributed by atoms with Crippen molar-refractivity contribution in [3.05, 3.63) is 59.8 Å². The molecule has 0 bridgehead atoms. The molecule has 3 aromatic rings. The molecule has 0 fully saturated rings. The third kappa shape index (κ3) is 2.63. The first-order valence-electron chi connectivity index (χ1n) is 6.29. The standard InChI is InChI=1S/C15H15N3O/c1-11-17-18-15(19-11)10-16-9-13-7-4-6-12-5-2-3-8-14(12)13/h2-8,16H,9-10H2,1H3. The summed E-state index contributed by atoms with van der Waals surface area (Å²) in [5.74, 6) is 1.22. The van der Waals surface area contributed by atoms with Crippen LogP contribution in [-0.4, -0.2) is 10.2 Å². The van der Waals surface area contributed by atoms with Gasteiger partial charge in [0.25, 0.3) is 0 Å². The maximum absolute atomic E-state index is 5.32. The zero-order valence-electron chi connectivity index (χ0n) is 10.8. The van der Waals surface area contributed by atoms with E-state index in [4.69, 9.17) is 4.42 Å². The molecule has 4 nitrogen and oxygen atoms in total. The summed E-state index contributed by atoms with van der Waals surface area (Å²) in [7, 11) is 0. The van der Waals surface area contributed by atoms with Crippen LogP contribution in [0.25, 0.3) is 10.8 Å². The van der Waals surface area contributed by atoms with Crippen molar-refractivity contribution in [1.29, 1.82) is 0 Å². The molecule has 19 heavy (non-hydrogen) atoms. The third-order valence-electron chi connectivity index (χ3n) is 3.04. The van der Waals surface area contributed by atoms with E-state index >= 15 is 0 Å². The molecular formula is C15H15N3O. The van der Waals surface area contributed by atoms with Gasteiger partial charge in [0.1, 0.15) is 0 Å². The van der Waals surface area contributed by atoms with Crippen LogP contribution in [0, 0.1) is 6.92 Å². The van der Waals surface area contributed by atoms with Crippen LogP contribution in [0.4, 0.5) is 0 Å². The van der Waals surface area contributed by atoms with Crippen LogP contribution in [0.2, 0.25) is 0 Å². The Kier molecular flexibility index (Phi) is 3.25. The lowest BCUT2D eigenvalue weighted by Gasteiger charge is -2.06. The lowest BCUT2D eigenvalue weighted by Crippen LogP contribution is -2.13. The molecule has 4 heteroatoms. The predicted molar refractivity (Wildman–Crippen MR) is 73.5 cm³/mol. The largest absolute Gasteiger partial charge is 0.424 e. The van der Waals surface area contributed by atoms with Crippen molar-refractivity contribution < 1.29 is 4.42 Å². The average Bonchev–Trinajstić information content (AvgIpc) is 2.85. The Bertz CT molecular complexity index is 685. The van der Waals surface area contributed by atoms with Crippen molar-refractivity contribution in [1.82, 2.24) is 15.5 Å². The number of benzene rings is 2. The van der Waals surface area contributed by atoms with E-state index < -0.39 is 0 Å². The normalized spacial score (nSPS) is 11.0. The molecule has 0 spiro atoms. The fourth-order valence-electron chi connectivity index (χ4n) is 2.16. The molecule has 0 unspecified atom stereocenters. The van der Waals surface area contributed by atoms with Gasteiger partial charge in [-0.3, -0.25) is 0 Å². The molecule has 3 rings (SSSR count). The first-order chi connectivity index (χ1) is 9.33. The Hall–Kier alpha value is -2.20. The van der Waals surface area contributed by atoms with Gasteiger partial charge in [0, 0.05) is 13.5 Å². The van der Waals surface area contributed by atoms with Gasteiger partial charge in [-0.2, -0.15) is 0 Å². The fraction of sp³-hybridized carbons (Fsp3) is 0.200. The molecule has 1 heterocycles. The zero-order chi connectivity index (χ0) is 13.1. The van der Waals surface area contributed by atoms with Crippen molar-refractivity contribution in [2.45, 2.75) is 20.0 Å². The summed E-state index contributed by atoms with van der Waals surface area (Å²) in [5, 5.41) is 13.6. The van der Waals surface area contributed by atoms with Gasteiger partial charge in [-0.1, -0.05) is 42.5 Å². The van der Waals surface area contributed by atoms with E-state index in [1.54, 1.807) is 6.92 Å². The molecule has 0 aliphatic heterocycles. The molecule has 1 N–H and O–H groups in total. The molecule has 0 aliphatic carbocycles. The molecule has 0 saturated heterocycles. The van der Waals surface area contributed by atoms with Crippen LogP contribution in [0.1, 0.15) is 17.3 Å². The molecule has 0 amide bonds. The van der Waals surface area contributed by atoms with E-state index in [0.29, 0.717) is 18.3 Å². The lowest BCUT2D eigenvalue weighted by atomic mass is 10.0. The summed E-state index contributed by atoms with van der Waals surface area (Å²) in [6.07, 6.45) is 0. The number of fused-ring (bicyclic) bond motifs is 1. The number of aromatic nitrogens is 2. The van der Waals surface area contributed by atoms with Crippen molar-refractivity contribution in [2.24, 2.45) is 0 Å². The Balaban J connectivity index is 1.71. The number of hydrogen-bond acceptors (Lipinski definition) is 4. The number of nitrogens with one attached hydrogen (secondary N) is 1. The van der Waals surface area contributed by atoms with E-state index in [0.717, 1.165) is 6.54 Å². The first kappa shape index (κ1) is 11.9. The summed E-state index contributed by atoms with van der Waals surface area (Å²) in [6.45, 7) is 3.16. The summed E-state index contributed by atoms with van der Waals surface area (Å²) in [4.78, 5) is 0. The number of hydrogen-bond donors (Lipinski definition) is 1. The topological polar surface area (TPSA) is 51.0 Å². The van der Waals surface area contributed by atoms with Gasteiger partial charge in [-0.05, 0) is 16.3 Å². The molecule has 1 aromatic heterocycles. The van der Waals surface area contributed by atoms with E-state index in [9.17, 15) is 0 Å². The van der Waals surface area contributed by atoms with E-state index in [2.05, 4.69) is 58.0 Å². The van der Waals surface area contributed by atoms with Gasteiger partial charge in [-0.15, -0.1) is 10.2 Å². The Morgan fingerprint density at radius 2 is 1.84 bits per heavy atom. The molecule has 96 valence electrons. The second-order valence-corrected chi connectivity index (χ2v) is 4.46. The van der Waals surface area contributed by atoms with Gasteiger partial charge in [0.05, 0.1) is 6.54 Å². The highest BCUT2D eigenvalue weighted by Gasteiger charge is 2.03. The van der Waals surface area contributed by atoms with E-state index in [1.807, 2.05) is 0 Å². The van der Waals surface area contributed by atoms with E-state index in [-0.39, 0.29) is 0 Å². The van der Waals surface area contributed by atoms with E-state index in [1.165, 1.54) is 16.3 Å². The smallest absolute Gasteiger partial charge is 0.230 e. The highest BCUT2D eigenvalue weighted by molar-refractivity contribution is 5.85. The second-order valence-electron chi connectivity index (χ2n) is 4.46. The monoisotopic (exact) mass is 253 g/mol. The molecule has 0 atom stereocenters. The summed E-state index contributed by atoms with van der Waals surface area (Å²) >= 11 is 0. The summed E-state index contributed by atoms with van der Waals surface area (Å²) in [6, 6.07) is 14.7. The Morgan fingerprint density at radius 3 is 2.68 bits per heavy atom. The van der Waals surface area contributed by atoms with Crippen LogP contribution in [0.5, 0.6) is 0 Å². The van der Waals surface area contributed by atoms with Crippen LogP contribution < -0.4 is 5.32 Å². The van der Waals surface area contributed by atoms with Gasteiger partial charge < -0.3 is 9.73 Å². The van der Waals surface area contributed by atoms with Gasteiger partial charge in [-0.25, -0.2) is 0 Å². The number of aryl methyl sites for hydroxylation is 1. The number of rotatable bonds is 4. The maximum Gasteiger partial charge on any atom is 0.230 e. The number of nitrogens with zero attached hydrogens (tertiary/aromatic N) is 2. The van der Waals surface area contributed by atoms with Crippen molar-refractivity contribution in [3.8, 4) is 0 Å². The Morgan fingerprint density at radius 1 is 1.00 bits per heavy atom. The van der Waals surface area contributed by atoms with Crippen molar-refractivity contribution in [2.75, 3.05) is 0 Å². The van der Waals surface area contributed by atoms with Crippen LogP contribution >= 0.6 is 0 Å². The Labute approximate surface area is 111 Å². The SMILES string of the molecule is Cc1nnc(CNCc2cccc3ccccc23)o1. The fourth-order valence-corrected chi connectivity index (χ4v) is 2.16. The van der Waals surface area contributed by atoms with Gasteiger partial charge >= 0.3 is 0 Å². The first-order valence-corrected chi connectivity index (χ1v) is 6.29. The average molecular weight is 253 g/mol. The summed E-state index contributed by atoms with van der Waals surface area (Å²) in [5.41, 5.74) is 1.27. The maximum atomic E-state index is 5.32. The van der Waals surface area contributed by atoms with Crippen molar-refractivity contribution in [3.63, 3.8) is 0 Å². The highest BCUT2D eigenvalue weighted by Crippen LogP contribution is 2.18. The quantitative estimate of drug-likeness (QED) is 0.776. The highest BCUT2D eigenvalue weighted by atomic mass is 16.4. The van der Waals surface area contributed by atoms with Gasteiger partial charge in [0.15, 0.2) is 0 Å². The molecule has 0 aliphatic rings. The third-order valence-corrected chi connectivity index (χ3v) is 3.04. The van der Waals surface area contributed by atoms with Gasteiger partial charge in [0.2, 0.25) is 11.8 Å². The minimum absolute atomic E-state index is 0.587. The molecule has 0 saturated carbocycles. The molecule has 0 radical (unpaired) electrons. The van der Waals surface area contributed by atoms with Crippen LogP contribution in [-0.2, 0) is 13.1 Å².